The second-order valence-electron chi connectivity index (χ2n) is 5.88. The Labute approximate surface area is 138 Å². The van der Waals surface area contributed by atoms with Gasteiger partial charge in [0, 0.05) is 31.2 Å². The second-order valence-corrected chi connectivity index (χ2v) is 5.88. The van der Waals surface area contributed by atoms with Crippen LogP contribution in [-0.4, -0.2) is 35.3 Å². The zero-order chi connectivity index (χ0) is 17.0. The molecule has 0 radical (unpaired) electrons. The van der Waals surface area contributed by atoms with Crippen molar-refractivity contribution in [3.63, 3.8) is 0 Å². The lowest BCUT2D eigenvalue weighted by Crippen LogP contribution is -2.49. The predicted octanol–water partition coefficient (Wildman–Crippen LogP) is 2.97. The Bertz CT molecular complexity index is 677. The number of halogens is 2. The van der Waals surface area contributed by atoms with Crippen LogP contribution in [0.2, 0.25) is 0 Å². The molecule has 0 unspecified atom stereocenters. The van der Waals surface area contributed by atoms with Gasteiger partial charge in [-0.05, 0) is 37.1 Å². The lowest BCUT2D eigenvalue weighted by atomic mass is 9.92. The van der Waals surface area contributed by atoms with Crippen LogP contribution in [0.25, 0.3) is 11.3 Å². The minimum atomic E-state index is -2.73. The van der Waals surface area contributed by atoms with E-state index in [4.69, 9.17) is 15.2 Å². The highest BCUT2D eigenvalue weighted by Crippen LogP contribution is 2.31. The average molecular weight is 335 g/mol. The minimum absolute atomic E-state index is 0.0686. The molecule has 0 aromatic carbocycles. The molecule has 1 aliphatic rings. The molecule has 128 valence electrons. The van der Waals surface area contributed by atoms with Crippen LogP contribution in [0.4, 0.5) is 8.78 Å². The smallest absolute Gasteiger partial charge is 0.284 e. The zero-order valence-corrected chi connectivity index (χ0v) is 13.1. The molecule has 1 fully saturated rings. The van der Waals surface area contributed by atoms with Crippen LogP contribution in [-0.2, 0) is 4.74 Å². The number of rotatable bonds is 5. The van der Waals surface area contributed by atoms with Crippen LogP contribution in [0.3, 0.4) is 0 Å². The van der Waals surface area contributed by atoms with Crippen molar-refractivity contribution in [3.8, 4) is 17.0 Å². The molecule has 3 rings (SSSR count). The topological polar surface area (TPSA) is 70.3 Å². The van der Waals surface area contributed by atoms with Gasteiger partial charge in [0.2, 0.25) is 0 Å². The van der Waals surface area contributed by atoms with E-state index in [1.807, 2.05) is 0 Å². The third-order valence-corrected chi connectivity index (χ3v) is 4.07. The number of hydrogen-bond donors (Lipinski definition) is 1. The van der Waals surface area contributed by atoms with E-state index in [-0.39, 0.29) is 18.1 Å². The summed E-state index contributed by atoms with van der Waals surface area (Å²) in [5.74, 6) is 0.0686. The number of aromatic nitrogens is 2. The maximum Gasteiger partial charge on any atom is 0.284 e. The Morgan fingerprint density at radius 3 is 2.54 bits per heavy atom. The molecular weight excluding hydrogens is 316 g/mol. The molecule has 0 saturated carbocycles. The normalized spacial score (nSPS) is 17.0. The fourth-order valence-corrected chi connectivity index (χ4v) is 2.57. The third-order valence-electron chi connectivity index (χ3n) is 4.07. The summed E-state index contributed by atoms with van der Waals surface area (Å²) in [5, 5.41) is 0. The van der Waals surface area contributed by atoms with Crippen molar-refractivity contribution in [2.75, 3.05) is 19.8 Å². The number of alkyl halides is 2. The van der Waals surface area contributed by atoms with Gasteiger partial charge in [-0.2, -0.15) is 0 Å². The zero-order valence-electron chi connectivity index (χ0n) is 13.1. The van der Waals surface area contributed by atoms with Crippen molar-refractivity contribution in [3.05, 3.63) is 42.4 Å². The second kappa shape index (κ2) is 7.19. The lowest BCUT2D eigenvalue weighted by Gasteiger charge is -2.33. The third kappa shape index (κ3) is 3.85. The molecule has 1 saturated heterocycles. The quantitative estimate of drug-likeness (QED) is 0.910. The van der Waals surface area contributed by atoms with E-state index in [1.54, 1.807) is 30.6 Å². The summed E-state index contributed by atoms with van der Waals surface area (Å²) in [5.41, 5.74) is 6.48. The molecule has 5 nitrogen and oxygen atoms in total. The fourth-order valence-electron chi connectivity index (χ4n) is 2.57. The van der Waals surface area contributed by atoms with Gasteiger partial charge in [-0.1, -0.05) is 0 Å². The largest absolute Gasteiger partial charge is 0.490 e. The van der Waals surface area contributed by atoms with Crippen LogP contribution >= 0.6 is 0 Å². The molecule has 3 heterocycles. The Hall–Kier alpha value is -2.12. The molecule has 0 atom stereocenters. The monoisotopic (exact) mass is 335 g/mol. The van der Waals surface area contributed by atoms with Crippen molar-refractivity contribution in [1.29, 1.82) is 0 Å². The van der Waals surface area contributed by atoms with Crippen molar-refractivity contribution < 1.29 is 18.3 Å². The van der Waals surface area contributed by atoms with Gasteiger partial charge < -0.3 is 15.2 Å². The van der Waals surface area contributed by atoms with Crippen LogP contribution < -0.4 is 10.5 Å². The molecule has 24 heavy (non-hydrogen) atoms. The Morgan fingerprint density at radius 1 is 1.17 bits per heavy atom. The number of nitrogens with two attached hydrogens (primary N) is 1. The Morgan fingerprint density at radius 2 is 1.88 bits per heavy atom. The molecule has 2 aromatic rings. The number of pyridine rings is 2. The highest BCUT2D eigenvalue weighted by Gasteiger charge is 2.30. The summed E-state index contributed by atoms with van der Waals surface area (Å²) in [4.78, 5) is 7.97. The van der Waals surface area contributed by atoms with E-state index < -0.39 is 12.0 Å². The first-order valence-corrected chi connectivity index (χ1v) is 7.76. The minimum Gasteiger partial charge on any atom is -0.490 e. The Kier molecular flexibility index (Phi) is 5.01. The molecule has 7 heteroatoms. The van der Waals surface area contributed by atoms with Crippen LogP contribution in [0.15, 0.2) is 36.7 Å². The Balaban J connectivity index is 1.80. The van der Waals surface area contributed by atoms with Crippen LogP contribution in [0.1, 0.15) is 25.0 Å². The molecule has 2 N–H and O–H groups in total. The van der Waals surface area contributed by atoms with Gasteiger partial charge >= 0.3 is 0 Å². The summed E-state index contributed by atoms with van der Waals surface area (Å²) in [6.07, 6.45) is 1.73. The summed E-state index contributed by atoms with van der Waals surface area (Å²) in [6, 6.07) is 6.61. The van der Waals surface area contributed by atoms with E-state index in [0.29, 0.717) is 31.7 Å². The molecule has 0 amide bonds. The first kappa shape index (κ1) is 16.7. The van der Waals surface area contributed by atoms with Gasteiger partial charge in [0.1, 0.15) is 18.1 Å². The van der Waals surface area contributed by atoms with E-state index in [2.05, 4.69) is 9.97 Å². The first-order chi connectivity index (χ1) is 11.6. The van der Waals surface area contributed by atoms with E-state index in [1.165, 1.54) is 6.07 Å². The summed E-state index contributed by atoms with van der Waals surface area (Å²) >= 11 is 0. The van der Waals surface area contributed by atoms with Crippen molar-refractivity contribution >= 4 is 0 Å². The van der Waals surface area contributed by atoms with E-state index >= 15 is 0 Å². The summed E-state index contributed by atoms with van der Waals surface area (Å²) in [6.45, 7) is 1.27. The van der Waals surface area contributed by atoms with Crippen molar-refractivity contribution in [2.45, 2.75) is 24.8 Å². The van der Waals surface area contributed by atoms with Gasteiger partial charge in [-0.15, -0.1) is 0 Å². The number of ether oxygens (including phenoxy) is 2. The molecule has 0 spiro atoms. The number of hydrogen-bond acceptors (Lipinski definition) is 5. The van der Waals surface area contributed by atoms with Gasteiger partial charge in [0.15, 0.2) is 0 Å². The maximum absolute atomic E-state index is 13.4. The molecule has 1 aliphatic heterocycles. The summed E-state index contributed by atoms with van der Waals surface area (Å²) in [7, 11) is 0. The van der Waals surface area contributed by atoms with Crippen molar-refractivity contribution in [1.82, 2.24) is 9.97 Å². The molecular formula is C17H19F2N3O2. The number of nitrogens with zero attached hydrogens (tertiary/aromatic N) is 2. The molecule has 0 aliphatic carbocycles. The predicted molar refractivity (Wildman–Crippen MR) is 84.9 cm³/mol. The van der Waals surface area contributed by atoms with Crippen LogP contribution in [0, 0.1) is 0 Å². The van der Waals surface area contributed by atoms with Gasteiger partial charge in [0.05, 0.1) is 11.2 Å². The lowest BCUT2D eigenvalue weighted by molar-refractivity contribution is 0.0331. The molecule has 0 bridgehead atoms. The van der Waals surface area contributed by atoms with E-state index in [0.717, 1.165) is 5.56 Å². The van der Waals surface area contributed by atoms with Gasteiger partial charge in [0.25, 0.3) is 6.43 Å². The standard InChI is InChI=1S/C17H19F2N3O2/c18-16(19)15-14(24-11-17(20)5-9-23-10-6-17)2-1-13(22-15)12-3-7-21-8-4-12/h1-4,7-8,16H,5-6,9-11,20H2. The van der Waals surface area contributed by atoms with Crippen molar-refractivity contribution in [2.24, 2.45) is 5.73 Å². The van der Waals surface area contributed by atoms with Gasteiger partial charge in [-0.3, -0.25) is 4.98 Å². The highest BCUT2D eigenvalue weighted by molar-refractivity contribution is 5.59. The van der Waals surface area contributed by atoms with Gasteiger partial charge in [-0.25, -0.2) is 13.8 Å². The maximum atomic E-state index is 13.4. The van der Waals surface area contributed by atoms with Crippen LogP contribution in [0.5, 0.6) is 5.75 Å². The first-order valence-electron chi connectivity index (χ1n) is 7.76. The SMILES string of the molecule is NC1(COc2ccc(-c3ccncc3)nc2C(F)F)CCOCC1. The molecule has 2 aromatic heterocycles. The fraction of sp³-hybridized carbons (Fsp3) is 0.412. The summed E-state index contributed by atoms with van der Waals surface area (Å²) < 4.78 is 37.6. The average Bonchev–Trinajstić information content (AvgIpc) is 2.61. The highest BCUT2D eigenvalue weighted by atomic mass is 19.3. The van der Waals surface area contributed by atoms with E-state index in [9.17, 15) is 8.78 Å².